The Hall–Kier alpha value is -0.190. The van der Waals surface area contributed by atoms with E-state index < -0.39 is 5.67 Å². The minimum atomic E-state index is -1.21. The molecule has 2 saturated heterocycles. The van der Waals surface area contributed by atoms with Crippen molar-refractivity contribution >= 4 is 0 Å². The average Bonchev–Trinajstić information content (AvgIpc) is 2.77. The van der Waals surface area contributed by atoms with Crippen LogP contribution in [0.4, 0.5) is 4.39 Å². The molecule has 0 aliphatic carbocycles. The molecule has 2 aliphatic heterocycles. The van der Waals surface area contributed by atoms with E-state index in [4.69, 9.17) is 15.2 Å². The van der Waals surface area contributed by atoms with Crippen LogP contribution in [0.1, 0.15) is 39.0 Å². The van der Waals surface area contributed by atoms with E-state index in [-0.39, 0.29) is 18.1 Å². The first kappa shape index (κ1) is 13.2. The summed E-state index contributed by atoms with van der Waals surface area (Å²) < 4.78 is 26.1. The van der Waals surface area contributed by atoms with E-state index in [2.05, 4.69) is 0 Å². The maximum Gasteiger partial charge on any atom is 0.126 e. The molecule has 3 unspecified atom stereocenters. The second-order valence-corrected chi connectivity index (χ2v) is 5.51. The van der Waals surface area contributed by atoms with Crippen LogP contribution in [0.3, 0.4) is 0 Å². The summed E-state index contributed by atoms with van der Waals surface area (Å²) in [7, 11) is 0. The highest BCUT2D eigenvalue weighted by Crippen LogP contribution is 2.42. The minimum Gasteiger partial charge on any atom is -0.378 e. The first-order valence-electron chi connectivity index (χ1n) is 6.75. The highest BCUT2D eigenvalue weighted by molar-refractivity contribution is 4.98. The summed E-state index contributed by atoms with van der Waals surface area (Å²) in [6.45, 7) is 4.14. The summed E-state index contributed by atoms with van der Waals surface area (Å²) in [6.07, 6.45) is 3.85. The van der Waals surface area contributed by atoms with Crippen LogP contribution in [-0.4, -0.2) is 37.6 Å². The quantitative estimate of drug-likeness (QED) is 0.824. The number of halogens is 1. The van der Waals surface area contributed by atoms with E-state index in [1.165, 1.54) is 0 Å². The summed E-state index contributed by atoms with van der Waals surface area (Å²) in [4.78, 5) is 0. The molecular weight excluding hydrogens is 221 g/mol. The fourth-order valence-electron chi connectivity index (χ4n) is 3.22. The monoisotopic (exact) mass is 245 g/mol. The highest BCUT2D eigenvalue weighted by Gasteiger charge is 2.47. The van der Waals surface area contributed by atoms with Crippen molar-refractivity contribution in [2.45, 2.75) is 50.3 Å². The van der Waals surface area contributed by atoms with Gasteiger partial charge in [0.15, 0.2) is 0 Å². The van der Waals surface area contributed by atoms with E-state index in [0.29, 0.717) is 19.6 Å². The van der Waals surface area contributed by atoms with Gasteiger partial charge in [-0.25, -0.2) is 4.39 Å². The molecule has 2 fully saturated rings. The molecule has 3 nitrogen and oxygen atoms in total. The molecular formula is C13H24FNO2. The van der Waals surface area contributed by atoms with Crippen molar-refractivity contribution < 1.29 is 13.9 Å². The Bertz CT molecular complexity index is 256. The van der Waals surface area contributed by atoms with Gasteiger partial charge >= 0.3 is 0 Å². The number of nitrogens with two attached hydrogens (primary N) is 1. The summed E-state index contributed by atoms with van der Waals surface area (Å²) in [5, 5.41) is 0. The highest BCUT2D eigenvalue weighted by atomic mass is 19.1. The van der Waals surface area contributed by atoms with Crippen LogP contribution in [0.2, 0.25) is 0 Å². The first-order chi connectivity index (χ1) is 8.14. The molecule has 2 N–H and O–H groups in total. The zero-order valence-electron chi connectivity index (χ0n) is 10.7. The molecule has 3 atom stereocenters. The SMILES string of the molecule is CCCC(F)(CN)C1CCOC2(CCOC2)C1. The van der Waals surface area contributed by atoms with Crippen molar-refractivity contribution in [2.24, 2.45) is 11.7 Å². The lowest BCUT2D eigenvalue weighted by Crippen LogP contribution is -2.50. The Labute approximate surface area is 103 Å². The van der Waals surface area contributed by atoms with Crippen LogP contribution < -0.4 is 5.73 Å². The second-order valence-electron chi connectivity index (χ2n) is 5.51. The lowest BCUT2D eigenvalue weighted by atomic mass is 9.74. The Morgan fingerprint density at radius 3 is 2.88 bits per heavy atom. The van der Waals surface area contributed by atoms with Crippen molar-refractivity contribution in [1.82, 2.24) is 0 Å². The molecule has 0 radical (unpaired) electrons. The smallest absolute Gasteiger partial charge is 0.126 e. The summed E-state index contributed by atoms with van der Waals surface area (Å²) >= 11 is 0. The van der Waals surface area contributed by atoms with Gasteiger partial charge in [0.1, 0.15) is 5.67 Å². The summed E-state index contributed by atoms with van der Waals surface area (Å²) in [5.41, 5.74) is 4.23. The van der Waals surface area contributed by atoms with Gasteiger partial charge in [-0.3, -0.25) is 0 Å². The molecule has 2 aliphatic rings. The predicted molar refractivity (Wildman–Crippen MR) is 64.6 cm³/mol. The Morgan fingerprint density at radius 1 is 1.47 bits per heavy atom. The van der Waals surface area contributed by atoms with Crippen LogP contribution in [0.5, 0.6) is 0 Å². The normalized spacial score (nSPS) is 37.2. The van der Waals surface area contributed by atoms with Gasteiger partial charge in [-0.05, 0) is 25.2 Å². The lowest BCUT2D eigenvalue weighted by molar-refractivity contribution is -0.124. The Balaban J connectivity index is 2.05. The van der Waals surface area contributed by atoms with Gasteiger partial charge in [0.05, 0.1) is 12.2 Å². The van der Waals surface area contributed by atoms with E-state index in [1.54, 1.807) is 0 Å². The van der Waals surface area contributed by atoms with Crippen molar-refractivity contribution in [2.75, 3.05) is 26.4 Å². The Morgan fingerprint density at radius 2 is 2.29 bits per heavy atom. The fraction of sp³-hybridized carbons (Fsp3) is 1.00. The third kappa shape index (κ3) is 2.64. The van der Waals surface area contributed by atoms with Gasteiger partial charge in [-0.1, -0.05) is 13.3 Å². The van der Waals surface area contributed by atoms with Crippen molar-refractivity contribution in [3.8, 4) is 0 Å². The van der Waals surface area contributed by atoms with Gasteiger partial charge in [-0.15, -0.1) is 0 Å². The van der Waals surface area contributed by atoms with Crippen LogP contribution in [-0.2, 0) is 9.47 Å². The second kappa shape index (κ2) is 5.21. The van der Waals surface area contributed by atoms with Crippen LogP contribution >= 0.6 is 0 Å². The van der Waals surface area contributed by atoms with Gasteiger partial charge in [0, 0.05) is 26.2 Å². The minimum absolute atomic E-state index is 0.0305. The molecule has 2 rings (SSSR count). The van der Waals surface area contributed by atoms with Gasteiger partial charge in [-0.2, -0.15) is 0 Å². The largest absolute Gasteiger partial charge is 0.378 e. The third-order valence-electron chi connectivity index (χ3n) is 4.30. The molecule has 0 amide bonds. The average molecular weight is 245 g/mol. The predicted octanol–water partition coefficient (Wildman–Crippen LogP) is 2.04. The summed E-state index contributed by atoms with van der Waals surface area (Å²) in [6, 6.07) is 0. The zero-order valence-corrected chi connectivity index (χ0v) is 10.7. The molecule has 0 aromatic carbocycles. The number of rotatable bonds is 4. The molecule has 0 aromatic heterocycles. The lowest BCUT2D eigenvalue weighted by Gasteiger charge is -2.43. The topological polar surface area (TPSA) is 44.5 Å². The first-order valence-corrected chi connectivity index (χ1v) is 6.75. The van der Waals surface area contributed by atoms with Gasteiger partial charge < -0.3 is 15.2 Å². The maximum atomic E-state index is 14.8. The van der Waals surface area contributed by atoms with E-state index in [1.807, 2.05) is 6.92 Å². The number of hydrogen-bond donors (Lipinski definition) is 1. The number of ether oxygens (including phenoxy) is 2. The van der Waals surface area contributed by atoms with Crippen LogP contribution in [0.15, 0.2) is 0 Å². The number of alkyl halides is 1. The van der Waals surface area contributed by atoms with E-state index >= 15 is 0 Å². The Kier molecular flexibility index (Phi) is 4.06. The molecule has 4 heteroatoms. The zero-order chi connectivity index (χ0) is 12.4. The molecule has 0 saturated carbocycles. The molecule has 100 valence electrons. The van der Waals surface area contributed by atoms with Crippen LogP contribution in [0.25, 0.3) is 0 Å². The number of hydrogen-bond acceptors (Lipinski definition) is 3. The summed E-state index contributed by atoms with van der Waals surface area (Å²) in [5.74, 6) is 0.0305. The molecule has 2 heterocycles. The van der Waals surface area contributed by atoms with Crippen molar-refractivity contribution in [1.29, 1.82) is 0 Å². The van der Waals surface area contributed by atoms with Gasteiger partial charge in [0.2, 0.25) is 0 Å². The molecule has 0 bridgehead atoms. The van der Waals surface area contributed by atoms with E-state index in [9.17, 15) is 4.39 Å². The maximum absolute atomic E-state index is 14.8. The molecule has 17 heavy (non-hydrogen) atoms. The third-order valence-corrected chi connectivity index (χ3v) is 4.30. The van der Waals surface area contributed by atoms with Crippen LogP contribution in [0, 0.1) is 5.92 Å². The molecule has 1 spiro atoms. The fourth-order valence-corrected chi connectivity index (χ4v) is 3.22. The molecule has 0 aromatic rings. The van der Waals surface area contributed by atoms with Crippen molar-refractivity contribution in [3.05, 3.63) is 0 Å². The van der Waals surface area contributed by atoms with Gasteiger partial charge in [0.25, 0.3) is 0 Å². The van der Waals surface area contributed by atoms with Crippen molar-refractivity contribution in [3.63, 3.8) is 0 Å². The standard InChI is InChI=1S/C13H24FNO2/c1-2-4-13(14,9-15)11-3-6-17-12(8-11)5-7-16-10-12/h11H,2-10,15H2,1H3. The van der Waals surface area contributed by atoms with E-state index in [0.717, 1.165) is 32.3 Å².